The first-order chi connectivity index (χ1) is 19.3. The fourth-order valence-electron chi connectivity index (χ4n) is 7.06. The van der Waals surface area contributed by atoms with Crippen LogP contribution in [0, 0.1) is 11.3 Å². The van der Waals surface area contributed by atoms with Gasteiger partial charge in [-0.1, -0.05) is 42.5 Å². The van der Waals surface area contributed by atoms with E-state index in [2.05, 4.69) is 21.2 Å². The lowest BCUT2D eigenvalue weighted by molar-refractivity contribution is -0.313. The van der Waals surface area contributed by atoms with E-state index in [1.165, 1.54) is 6.26 Å². The third-order valence-electron chi connectivity index (χ3n) is 9.32. The van der Waals surface area contributed by atoms with Crippen molar-refractivity contribution in [1.82, 2.24) is 21.2 Å². The summed E-state index contributed by atoms with van der Waals surface area (Å²) in [6, 6.07) is 20.7. The minimum atomic E-state index is -3.30. The van der Waals surface area contributed by atoms with Gasteiger partial charge in [-0.05, 0) is 74.3 Å². The van der Waals surface area contributed by atoms with Crippen molar-refractivity contribution in [2.24, 2.45) is 11.3 Å². The van der Waals surface area contributed by atoms with E-state index in [4.69, 9.17) is 4.74 Å². The summed E-state index contributed by atoms with van der Waals surface area (Å²) in [5.74, 6) is 0.0423. The molecular weight excluding hydrogens is 524 g/mol. The van der Waals surface area contributed by atoms with Crippen molar-refractivity contribution < 1.29 is 17.9 Å². The third kappa shape index (κ3) is 4.75. The Bertz CT molecular complexity index is 1450. The largest absolute Gasteiger partial charge is 0.350 e. The topological polar surface area (TPSA) is 109 Å². The van der Waals surface area contributed by atoms with E-state index in [-0.39, 0.29) is 17.4 Å². The number of sulfone groups is 1. The second-order valence-electron chi connectivity index (χ2n) is 11.6. The van der Waals surface area contributed by atoms with Gasteiger partial charge >= 0.3 is 0 Å². The molecule has 9 heteroatoms. The highest BCUT2D eigenvalue weighted by Crippen LogP contribution is 2.60. The molecule has 3 N–H and O–H groups in total. The van der Waals surface area contributed by atoms with E-state index >= 15 is 0 Å². The fourth-order valence-corrected chi connectivity index (χ4v) is 7.69. The van der Waals surface area contributed by atoms with Crippen LogP contribution in [0.1, 0.15) is 53.6 Å². The molecule has 3 heterocycles. The molecule has 1 saturated carbocycles. The van der Waals surface area contributed by atoms with Gasteiger partial charge in [-0.3, -0.25) is 20.6 Å². The van der Waals surface area contributed by atoms with Crippen LogP contribution in [0.3, 0.4) is 0 Å². The molecule has 2 atom stereocenters. The number of hydrogen-bond donors (Lipinski definition) is 3. The van der Waals surface area contributed by atoms with Crippen molar-refractivity contribution in [2.75, 3.05) is 19.4 Å². The van der Waals surface area contributed by atoms with Gasteiger partial charge in [0.15, 0.2) is 15.6 Å². The number of carbonyl (C=O) groups is 1. The number of pyridine rings is 1. The average molecular weight is 561 g/mol. The standard InChI is InChI=1S/C31H36N4O4S/c1-40(37,38)27-11-9-23(10-12-27)20-30(25-13-15-29(16-14-25)17-19-33-35-29)22-39-31(30,26-7-3-2-4-8-26)34-28(36)24-6-5-18-32-21-24/h2-12,18,21,25,33,35H,13-17,19-20,22H2,1H3,(H,34,36)/t25?,29?,30?,31-/m0/s1. The normalized spacial score (nSPS) is 30.1. The van der Waals surface area contributed by atoms with Crippen LogP contribution in [0.5, 0.6) is 0 Å². The zero-order valence-electron chi connectivity index (χ0n) is 22.7. The second-order valence-corrected chi connectivity index (χ2v) is 13.7. The minimum absolute atomic E-state index is 0.119. The predicted octanol–water partition coefficient (Wildman–Crippen LogP) is 3.75. The van der Waals surface area contributed by atoms with Crippen molar-refractivity contribution in [3.63, 3.8) is 0 Å². The molecule has 3 fully saturated rings. The summed E-state index contributed by atoms with van der Waals surface area (Å²) >= 11 is 0. The number of amides is 1. The Morgan fingerprint density at radius 3 is 2.35 bits per heavy atom. The molecule has 6 rings (SSSR count). The van der Waals surface area contributed by atoms with Gasteiger partial charge in [0.1, 0.15) is 0 Å². The lowest BCUT2D eigenvalue weighted by atomic mass is 9.54. The Balaban J connectivity index is 1.42. The Kier molecular flexibility index (Phi) is 7.02. The summed E-state index contributed by atoms with van der Waals surface area (Å²) in [7, 11) is -3.30. The number of ether oxygens (including phenoxy) is 1. The minimum Gasteiger partial charge on any atom is -0.350 e. The van der Waals surface area contributed by atoms with Gasteiger partial charge in [-0.2, -0.15) is 0 Å². The second kappa shape index (κ2) is 10.4. The van der Waals surface area contributed by atoms with E-state index in [1.807, 2.05) is 42.5 Å². The number of nitrogens with zero attached hydrogens (tertiary/aromatic N) is 1. The molecule has 40 heavy (non-hydrogen) atoms. The Labute approximate surface area is 235 Å². The number of rotatable bonds is 7. The van der Waals surface area contributed by atoms with Crippen molar-refractivity contribution in [2.45, 2.75) is 54.7 Å². The molecule has 1 aromatic heterocycles. The van der Waals surface area contributed by atoms with Crippen molar-refractivity contribution in [1.29, 1.82) is 0 Å². The maximum atomic E-state index is 13.7. The smallest absolute Gasteiger partial charge is 0.255 e. The molecule has 3 aliphatic rings. The molecule has 2 aromatic carbocycles. The SMILES string of the molecule is CS(=O)(=O)c1ccc(CC2(C3CCC4(CCNN4)CC3)CO[C@@]2(NC(=O)c2cccnc2)c2ccccc2)cc1. The van der Waals surface area contributed by atoms with Gasteiger partial charge in [0.25, 0.3) is 5.91 Å². The average Bonchev–Trinajstić information content (AvgIpc) is 3.43. The Morgan fingerprint density at radius 1 is 1.02 bits per heavy atom. The number of aromatic nitrogens is 1. The van der Waals surface area contributed by atoms with Gasteiger partial charge in [-0.15, -0.1) is 0 Å². The van der Waals surface area contributed by atoms with E-state index in [0.717, 1.165) is 49.8 Å². The molecule has 8 nitrogen and oxygen atoms in total. The molecule has 0 bridgehead atoms. The summed E-state index contributed by atoms with van der Waals surface area (Å²) < 4.78 is 30.8. The van der Waals surface area contributed by atoms with Gasteiger partial charge < -0.3 is 10.1 Å². The fraction of sp³-hybridized carbons (Fsp3) is 0.419. The molecule has 1 aliphatic carbocycles. The van der Waals surface area contributed by atoms with Crippen LogP contribution in [0.2, 0.25) is 0 Å². The lowest BCUT2D eigenvalue weighted by Gasteiger charge is -2.63. The Morgan fingerprint density at radius 2 is 1.77 bits per heavy atom. The van der Waals surface area contributed by atoms with Gasteiger partial charge in [0.2, 0.25) is 0 Å². The molecule has 3 aromatic rings. The molecule has 1 spiro atoms. The number of hydrazine groups is 1. The summed E-state index contributed by atoms with van der Waals surface area (Å²) in [5.41, 5.74) is 7.90. The predicted molar refractivity (Wildman–Crippen MR) is 152 cm³/mol. The summed E-state index contributed by atoms with van der Waals surface area (Å²) in [4.78, 5) is 18.1. The molecule has 0 radical (unpaired) electrons. The zero-order chi connectivity index (χ0) is 27.8. The van der Waals surface area contributed by atoms with Crippen LogP contribution >= 0.6 is 0 Å². The Hall–Kier alpha value is -3.11. The zero-order valence-corrected chi connectivity index (χ0v) is 23.5. The molecule has 2 saturated heterocycles. The van der Waals surface area contributed by atoms with Gasteiger partial charge in [0, 0.05) is 36.3 Å². The van der Waals surface area contributed by atoms with Crippen molar-refractivity contribution >= 4 is 15.7 Å². The number of hydrogen-bond acceptors (Lipinski definition) is 7. The molecular formula is C31H36N4O4S. The van der Waals surface area contributed by atoms with E-state index in [0.29, 0.717) is 23.5 Å². The maximum absolute atomic E-state index is 13.7. The first-order valence-electron chi connectivity index (χ1n) is 14.0. The molecule has 2 aliphatic heterocycles. The van der Waals surface area contributed by atoms with E-state index < -0.39 is 21.0 Å². The van der Waals surface area contributed by atoms with E-state index in [1.54, 1.807) is 36.7 Å². The van der Waals surface area contributed by atoms with Gasteiger partial charge in [-0.25, -0.2) is 8.42 Å². The molecule has 1 amide bonds. The highest BCUT2D eigenvalue weighted by Gasteiger charge is 2.66. The highest BCUT2D eigenvalue weighted by atomic mass is 32.2. The summed E-state index contributed by atoms with van der Waals surface area (Å²) in [6.07, 6.45) is 10.3. The van der Waals surface area contributed by atoms with Crippen LogP contribution in [-0.4, -0.2) is 44.3 Å². The number of nitrogens with one attached hydrogen (secondary N) is 3. The molecule has 1 unspecified atom stereocenters. The first kappa shape index (κ1) is 27.1. The number of benzene rings is 2. The summed E-state index contributed by atoms with van der Waals surface area (Å²) in [5, 5.41) is 3.34. The lowest BCUT2D eigenvalue weighted by Crippen LogP contribution is -2.73. The monoisotopic (exact) mass is 560 g/mol. The number of carbonyl (C=O) groups excluding carboxylic acids is 1. The van der Waals surface area contributed by atoms with E-state index in [9.17, 15) is 13.2 Å². The summed E-state index contributed by atoms with van der Waals surface area (Å²) in [6.45, 7) is 1.47. The van der Waals surface area contributed by atoms with Crippen molar-refractivity contribution in [3.8, 4) is 0 Å². The van der Waals surface area contributed by atoms with Gasteiger partial charge in [0.05, 0.1) is 22.5 Å². The van der Waals surface area contributed by atoms with Crippen LogP contribution in [0.25, 0.3) is 0 Å². The van der Waals surface area contributed by atoms with Crippen LogP contribution in [0.15, 0.2) is 84.0 Å². The third-order valence-corrected chi connectivity index (χ3v) is 10.4. The van der Waals surface area contributed by atoms with Crippen molar-refractivity contribution in [3.05, 3.63) is 95.8 Å². The van der Waals surface area contributed by atoms with Crippen LogP contribution in [-0.2, 0) is 26.7 Å². The van der Waals surface area contributed by atoms with Crippen LogP contribution in [0.4, 0.5) is 0 Å². The first-order valence-corrected chi connectivity index (χ1v) is 15.9. The van der Waals surface area contributed by atoms with Crippen LogP contribution < -0.4 is 16.2 Å². The molecule has 210 valence electrons. The maximum Gasteiger partial charge on any atom is 0.255 e. The quantitative estimate of drug-likeness (QED) is 0.404. The highest BCUT2D eigenvalue weighted by molar-refractivity contribution is 7.90.